The van der Waals surface area contributed by atoms with Crippen molar-refractivity contribution in [3.05, 3.63) is 35.9 Å². The summed E-state index contributed by atoms with van der Waals surface area (Å²) in [6, 6.07) is 9.89. The summed E-state index contributed by atoms with van der Waals surface area (Å²) in [4.78, 5) is 11.5. The molecule has 204 valence electrons. The van der Waals surface area contributed by atoms with Gasteiger partial charge in [-0.25, -0.2) is 0 Å². The van der Waals surface area contributed by atoms with Crippen LogP contribution in [-0.4, -0.2) is 23.7 Å². The smallest absolute Gasteiger partial charge is 0.310 e. The van der Waals surface area contributed by atoms with Crippen molar-refractivity contribution in [1.29, 1.82) is 0 Å². The van der Waals surface area contributed by atoms with Crippen LogP contribution in [0.25, 0.3) is 0 Å². The Labute approximate surface area is 217 Å². The van der Waals surface area contributed by atoms with Gasteiger partial charge in [-0.15, -0.1) is 0 Å². The van der Waals surface area contributed by atoms with Crippen molar-refractivity contribution in [1.82, 2.24) is 0 Å². The first-order valence-electron chi connectivity index (χ1n) is 14.8. The Kier molecular flexibility index (Phi) is 24.7. The maximum absolute atomic E-state index is 11.5. The molecule has 0 aromatic heterocycles. The summed E-state index contributed by atoms with van der Waals surface area (Å²) in [6.45, 7) is 5.09. The van der Waals surface area contributed by atoms with Gasteiger partial charge in [-0.2, -0.15) is 0 Å². The van der Waals surface area contributed by atoms with Gasteiger partial charge in [0.1, 0.15) is 0 Å². The van der Waals surface area contributed by atoms with E-state index in [2.05, 4.69) is 13.8 Å². The first-order chi connectivity index (χ1) is 17.1. The number of rotatable bonds is 22. The van der Waals surface area contributed by atoms with Crippen LogP contribution >= 0.6 is 0 Å². The lowest BCUT2D eigenvalue weighted by molar-refractivity contribution is -0.139. The number of hydrogen-bond acceptors (Lipinski definition) is 3. The molecule has 0 radical (unpaired) electrons. The van der Waals surface area contributed by atoms with E-state index < -0.39 is 5.97 Å². The lowest BCUT2D eigenvalue weighted by Crippen LogP contribution is -2.29. The summed E-state index contributed by atoms with van der Waals surface area (Å²) in [5.41, 5.74) is 11.9. The normalized spacial score (nSPS) is 12.6. The third kappa shape index (κ3) is 21.6. The van der Waals surface area contributed by atoms with E-state index >= 15 is 0 Å². The zero-order valence-electron chi connectivity index (χ0n) is 23.2. The van der Waals surface area contributed by atoms with Crippen LogP contribution in [0.15, 0.2) is 30.3 Å². The van der Waals surface area contributed by atoms with E-state index in [0.29, 0.717) is 6.54 Å². The number of carboxylic acid groups (broad SMARTS) is 1. The van der Waals surface area contributed by atoms with Crippen LogP contribution in [0.1, 0.15) is 147 Å². The quantitative estimate of drug-likeness (QED) is 0.142. The zero-order chi connectivity index (χ0) is 26.0. The van der Waals surface area contributed by atoms with Gasteiger partial charge in [0, 0.05) is 12.6 Å². The third-order valence-electron chi connectivity index (χ3n) is 6.83. The highest BCUT2D eigenvalue weighted by atomic mass is 16.4. The molecule has 0 saturated heterocycles. The Morgan fingerprint density at radius 2 is 1.09 bits per heavy atom. The maximum Gasteiger partial charge on any atom is 0.310 e. The summed E-state index contributed by atoms with van der Waals surface area (Å²) in [7, 11) is 0. The minimum Gasteiger partial charge on any atom is -0.481 e. The van der Waals surface area contributed by atoms with Gasteiger partial charge in [-0.1, -0.05) is 153 Å². The second kappa shape index (κ2) is 25.7. The highest BCUT2D eigenvalue weighted by Gasteiger charge is 2.18. The monoisotopic (exact) mass is 490 g/mol. The second-order valence-electron chi connectivity index (χ2n) is 10.2. The molecule has 5 N–H and O–H groups in total. The van der Waals surface area contributed by atoms with Crippen molar-refractivity contribution in [2.75, 3.05) is 6.54 Å². The van der Waals surface area contributed by atoms with Gasteiger partial charge in [0.05, 0.1) is 5.92 Å². The predicted molar refractivity (Wildman–Crippen MR) is 153 cm³/mol. The molecule has 1 rings (SSSR count). The lowest BCUT2D eigenvalue weighted by Gasteiger charge is -2.12. The van der Waals surface area contributed by atoms with E-state index in [4.69, 9.17) is 11.5 Å². The molecule has 0 aliphatic heterocycles. The molecule has 1 aromatic carbocycles. The largest absolute Gasteiger partial charge is 0.481 e. The standard InChI is InChI=1S/C24H40O2.C7H18N2/c1-2-3-4-5-6-7-8-9-10-11-12-13-14-18-21-23(24(25)26)22-19-16-15-17-20-22;1-2-3-4-5-7(9)6-8/h15-17,19-20,23H,2-14,18,21H2,1H3,(H,25,26);7H,2-6,8-9H2,1H3. The molecular formula is C31H58N2O2. The van der Waals surface area contributed by atoms with Crippen LogP contribution in [-0.2, 0) is 4.79 Å². The summed E-state index contributed by atoms with van der Waals surface area (Å²) in [5.74, 6) is -1.03. The summed E-state index contributed by atoms with van der Waals surface area (Å²) in [6.07, 6.45) is 24.3. The highest BCUT2D eigenvalue weighted by Crippen LogP contribution is 2.23. The van der Waals surface area contributed by atoms with Crippen LogP contribution in [0.2, 0.25) is 0 Å². The van der Waals surface area contributed by atoms with E-state index in [1.807, 2.05) is 30.3 Å². The topological polar surface area (TPSA) is 89.3 Å². The molecule has 0 saturated carbocycles. The van der Waals surface area contributed by atoms with Crippen LogP contribution in [0.3, 0.4) is 0 Å². The fourth-order valence-corrected chi connectivity index (χ4v) is 4.44. The van der Waals surface area contributed by atoms with Crippen LogP contribution in [0, 0.1) is 0 Å². The SMILES string of the molecule is CCCCCC(N)CN.CCCCCCCCCCCCCCCCC(C(=O)O)c1ccccc1. The molecule has 4 nitrogen and oxygen atoms in total. The average Bonchev–Trinajstić information content (AvgIpc) is 2.87. The summed E-state index contributed by atoms with van der Waals surface area (Å²) < 4.78 is 0. The zero-order valence-corrected chi connectivity index (χ0v) is 23.2. The molecule has 0 spiro atoms. The molecular weight excluding hydrogens is 432 g/mol. The van der Waals surface area contributed by atoms with Crippen LogP contribution < -0.4 is 11.5 Å². The number of aliphatic carboxylic acids is 1. The highest BCUT2D eigenvalue weighted by molar-refractivity contribution is 5.75. The van der Waals surface area contributed by atoms with Crippen molar-refractivity contribution < 1.29 is 9.90 Å². The Bertz CT molecular complexity index is 564. The molecule has 35 heavy (non-hydrogen) atoms. The van der Waals surface area contributed by atoms with Crippen molar-refractivity contribution in [2.45, 2.75) is 148 Å². The van der Waals surface area contributed by atoms with E-state index in [1.165, 1.54) is 96.3 Å². The number of hydrogen-bond donors (Lipinski definition) is 3. The maximum atomic E-state index is 11.5. The number of nitrogens with two attached hydrogens (primary N) is 2. The van der Waals surface area contributed by atoms with Crippen molar-refractivity contribution in [3.8, 4) is 0 Å². The Morgan fingerprint density at radius 1 is 0.686 bits per heavy atom. The van der Waals surface area contributed by atoms with E-state index in [1.54, 1.807) is 0 Å². The average molecular weight is 491 g/mol. The molecule has 0 amide bonds. The molecule has 0 heterocycles. The molecule has 0 fully saturated rings. The molecule has 2 atom stereocenters. The lowest BCUT2D eigenvalue weighted by atomic mass is 9.93. The van der Waals surface area contributed by atoms with Gasteiger partial charge in [-0.3, -0.25) is 4.79 Å². The Balaban J connectivity index is 0.00000109. The van der Waals surface area contributed by atoms with E-state index in [0.717, 1.165) is 31.2 Å². The molecule has 4 heteroatoms. The van der Waals surface area contributed by atoms with Crippen LogP contribution in [0.4, 0.5) is 0 Å². The molecule has 1 aromatic rings. The predicted octanol–water partition coefficient (Wildman–Crippen LogP) is 8.58. The van der Waals surface area contributed by atoms with Gasteiger partial charge in [0.25, 0.3) is 0 Å². The number of benzene rings is 1. The number of carboxylic acids is 1. The number of carbonyl (C=O) groups is 1. The third-order valence-corrected chi connectivity index (χ3v) is 6.83. The van der Waals surface area contributed by atoms with Crippen molar-refractivity contribution >= 4 is 5.97 Å². The van der Waals surface area contributed by atoms with Gasteiger partial charge in [-0.05, 0) is 18.4 Å². The van der Waals surface area contributed by atoms with Crippen molar-refractivity contribution in [3.63, 3.8) is 0 Å². The van der Waals surface area contributed by atoms with Crippen molar-refractivity contribution in [2.24, 2.45) is 11.5 Å². The van der Waals surface area contributed by atoms with Gasteiger partial charge in [0.15, 0.2) is 0 Å². The van der Waals surface area contributed by atoms with Crippen LogP contribution in [0.5, 0.6) is 0 Å². The Morgan fingerprint density at radius 3 is 1.51 bits per heavy atom. The first kappa shape index (κ1) is 33.6. The van der Waals surface area contributed by atoms with Gasteiger partial charge >= 0.3 is 5.97 Å². The first-order valence-corrected chi connectivity index (χ1v) is 14.8. The summed E-state index contributed by atoms with van der Waals surface area (Å²) in [5, 5.41) is 9.43. The van der Waals surface area contributed by atoms with E-state index in [-0.39, 0.29) is 12.0 Å². The van der Waals surface area contributed by atoms with Gasteiger partial charge in [0.2, 0.25) is 0 Å². The molecule has 0 aliphatic rings. The Hall–Kier alpha value is -1.39. The fraction of sp³-hybridized carbons (Fsp3) is 0.774. The molecule has 2 unspecified atom stereocenters. The van der Waals surface area contributed by atoms with Gasteiger partial charge < -0.3 is 16.6 Å². The minimum atomic E-state index is -0.689. The van der Waals surface area contributed by atoms with E-state index in [9.17, 15) is 9.90 Å². The number of unbranched alkanes of at least 4 members (excludes halogenated alkanes) is 15. The molecule has 0 bridgehead atoms. The summed E-state index contributed by atoms with van der Waals surface area (Å²) >= 11 is 0. The minimum absolute atomic E-state index is 0.233. The molecule has 0 aliphatic carbocycles. The second-order valence-corrected chi connectivity index (χ2v) is 10.2. The fourth-order valence-electron chi connectivity index (χ4n) is 4.44.